The molecule has 1 saturated heterocycles. The molecule has 44 heavy (non-hydrogen) atoms. The van der Waals surface area contributed by atoms with Crippen LogP contribution >= 0.6 is 0 Å². The highest BCUT2D eigenvalue weighted by Crippen LogP contribution is 2.66. The lowest BCUT2D eigenvalue weighted by Crippen LogP contribution is -2.66. The van der Waals surface area contributed by atoms with Crippen LogP contribution in [0.25, 0.3) is 0 Å². The molecule has 11 atom stereocenters. The van der Waals surface area contributed by atoms with E-state index in [2.05, 4.69) is 12.8 Å². The lowest BCUT2D eigenvalue weighted by molar-refractivity contribution is -0.328. The van der Waals surface area contributed by atoms with Gasteiger partial charge in [0.1, 0.15) is 5.60 Å². The normalized spacial score (nSPS) is 41.0. The molecule has 0 aromatic rings. The number of rotatable bonds is 6. The zero-order valence-electron chi connectivity index (χ0n) is 26.0. The van der Waals surface area contributed by atoms with Gasteiger partial charge in [0.2, 0.25) is 6.29 Å². The highest BCUT2D eigenvalue weighted by atomic mass is 16.7. The second-order valence-corrected chi connectivity index (χ2v) is 13.1. The van der Waals surface area contributed by atoms with Crippen molar-refractivity contribution in [2.24, 2.45) is 29.1 Å². The fraction of sp³-hybridized carbons (Fsp3) is 0.727. The van der Waals surface area contributed by atoms with Crippen LogP contribution in [0.5, 0.6) is 0 Å². The van der Waals surface area contributed by atoms with Gasteiger partial charge in [0, 0.05) is 32.6 Å². The second kappa shape index (κ2) is 12.3. The lowest BCUT2D eigenvalue weighted by Gasteiger charge is -2.56. The maximum absolute atomic E-state index is 12.9. The number of hydrogen-bond donors (Lipinski definition) is 0. The van der Waals surface area contributed by atoms with E-state index < -0.39 is 65.6 Å². The van der Waals surface area contributed by atoms with Crippen LogP contribution in [0.1, 0.15) is 79.1 Å². The van der Waals surface area contributed by atoms with Crippen molar-refractivity contribution in [2.75, 3.05) is 7.11 Å². The predicted molar refractivity (Wildman–Crippen MR) is 152 cm³/mol. The first-order valence-electron chi connectivity index (χ1n) is 15.5. The number of methoxy groups -OCH3 is 1. The van der Waals surface area contributed by atoms with Gasteiger partial charge in [0.25, 0.3) is 0 Å². The quantitative estimate of drug-likeness (QED) is 0.247. The second-order valence-electron chi connectivity index (χ2n) is 13.1. The molecule has 0 spiro atoms. The van der Waals surface area contributed by atoms with Gasteiger partial charge in [-0.3, -0.25) is 19.2 Å². The molecule has 5 aliphatic rings. The van der Waals surface area contributed by atoms with E-state index in [-0.39, 0.29) is 11.7 Å². The summed E-state index contributed by atoms with van der Waals surface area (Å²) < 4.78 is 34.3. The molecule has 11 heteroatoms. The van der Waals surface area contributed by atoms with Crippen LogP contribution < -0.4 is 0 Å². The number of fused-ring (bicyclic) bond motifs is 5. The molecule has 0 amide bonds. The van der Waals surface area contributed by atoms with Crippen LogP contribution in [0, 0.1) is 41.4 Å². The van der Waals surface area contributed by atoms with Crippen LogP contribution in [0.15, 0.2) is 11.6 Å². The highest BCUT2D eigenvalue weighted by molar-refractivity contribution is 5.91. The molecule has 4 fully saturated rings. The summed E-state index contributed by atoms with van der Waals surface area (Å²) in [5.41, 5.74) is -0.362. The van der Waals surface area contributed by atoms with Crippen LogP contribution in [-0.4, -0.2) is 73.1 Å². The van der Waals surface area contributed by atoms with E-state index in [0.29, 0.717) is 30.6 Å². The first-order valence-corrected chi connectivity index (χ1v) is 15.5. The van der Waals surface area contributed by atoms with E-state index in [9.17, 15) is 24.0 Å². The van der Waals surface area contributed by atoms with Crippen LogP contribution in [-0.2, 0) is 52.4 Å². The van der Waals surface area contributed by atoms with Gasteiger partial charge in [-0.05, 0) is 74.7 Å². The molecule has 0 bridgehead atoms. The maximum atomic E-state index is 12.9. The van der Waals surface area contributed by atoms with Crippen molar-refractivity contribution in [1.82, 2.24) is 0 Å². The number of carbonyl (C=O) groups excluding carboxylic acids is 5. The number of ketones is 1. The van der Waals surface area contributed by atoms with Gasteiger partial charge in [0.15, 0.2) is 30.2 Å². The van der Waals surface area contributed by atoms with Crippen molar-refractivity contribution in [3.8, 4) is 12.3 Å². The van der Waals surface area contributed by atoms with Gasteiger partial charge >= 0.3 is 23.9 Å². The van der Waals surface area contributed by atoms with Crippen molar-refractivity contribution in [1.29, 1.82) is 0 Å². The van der Waals surface area contributed by atoms with Crippen molar-refractivity contribution >= 4 is 29.7 Å². The Hall–Kier alpha value is -3.23. The molecule has 0 radical (unpaired) electrons. The Bertz CT molecular complexity index is 1280. The molecular weight excluding hydrogens is 572 g/mol. The van der Waals surface area contributed by atoms with Gasteiger partial charge in [-0.1, -0.05) is 18.4 Å². The summed E-state index contributed by atoms with van der Waals surface area (Å²) in [6.45, 7) is 5.58. The van der Waals surface area contributed by atoms with E-state index in [4.69, 9.17) is 34.8 Å². The standard InChI is InChI=1S/C33H42O11/c1-7-33(15-13-25-24-10-8-20-16-21(37)9-11-22(20)23(24)12-14-32(25,33)5)44-31-29(42-19(4)36)27(41-18(3)35)26(40-17(2)34)28(43-31)30(38)39-6/h1,16,22-29,31H,8-15H2,2-6H3/t22-,23+,24+,25-,26+,27+,28+,29-,31+,32-,33-/m0/s1. The molecule has 0 aromatic carbocycles. The summed E-state index contributed by atoms with van der Waals surface area (Å²) in [6.07, 6.45) is 7.20. The van der Waals surface area contributed by atoms with Gasteiger partial charge in [-0.15, -0.1) is 6.42 Å². The minimum Gasteiger partial charge on any atom is -0.467 e. The molecule has 11 nitrogen and oxygen atoms in total. The highest BCUT2D eigenvalue weighted by Gasteiger charge is 2.66. The predicted octanol–water partition coefficient (Wildman–Crippen LogP) is 3.21. The van der Waals surface area contributed by atoms with E-state index in [1.807, 2.05) is 6.08 Å². The Balaban J connectivity index is 1.48. The third-order valence-corrected chi connectivity index (χ3v) is 10.8. The summed E-state index contributed by atoms with van der Waals surface area (Å²) in [7, 11) is 1.14. The largest absolute Gasteiger partial charge is 0.467 e. The zero-order valence-corrected chi connectivity index (χ0v) is 26.0. The fourth-order valence-corrected chi connectivity index (χ4v) is 9.02. The van der Waals surface area contributed by atoms with Crippen molar-refractivity contribution in [2.45, 2.75) is 115 Å². The van der Waals surface area contributed by atoms with E-state index in [1.54, 1.807) is 0 Å². The third kappa shape index (κ3) is 5.56. The number of ether oxygens (including phenoxy) is 6. The monoisotopic (exact) mass is 614 g/mol. The summed E-state index contributed by atoms with van der Waals surface area (Å²) >= 11 is 0. The molecule has 1 aliphatic heterocycles. The number of esters is 4. The average molecular weight is 615 g/mol. The van der Waals surface area contributed by atoms with E-state index in [0.717, 1.165) is 59.5 Å². The molecule has 0 N–H and O–H groups in total. The molecule has 3 saturated carbocycles. The summed E-state index contributed by atoms with van der Waals surface area (Å²) in [4.78, 5) is 61.6. The topological polar surface area (TPSA) is 141 Å². The van der Waals surface area contributed by atoms with Gasteiger partial charge < -0.3 is 28.4 Å². The molecule has 4 aliphatic carbocycles. The average Bonchev–Trinajstić information content (AvgIpc) is 3.26. The maximum Gasteiger partial charge on any atom is 0.339 e. The number of carbonyl (C=O) groups is 5. The molecule has 1 heterocycles. The Labute approximate surface area is 257 Å². The van der Waals surface area contributed by atoms with Crippen LogP contribution in [0.4, 0.5) is 0 Å². The van der Waals surface area contributed by atoms with E-state index >= 15 is 0 Å². The van der Waals surface area contributed by atoms with Crippen LogP contribution in [0.2, 0.25) is 0 Å². The SMILES string of the molecule is C#C[C@]1(O[C@H]2O[C@@H](C(=O)OC)[C@H](OC(C)=O)[C@@H](OC(C)=O)[C@@H]2OC(C)=O)CC[C@H]2[C@@H]3CCC4=CC(=O)CC[C@@H]4[C@H]3CC[C@@]21C. The third-order valence-electron chi connectivity index (χ3n) is 10.8. The van der Waals surface area contributed by atoms with Gasteiger partial charge in [0.05, 0.1) is 7.11 Å². The fourth-order valence-electron chi connectivity index (χ4n) is 9.02. The summed E-state index contributed by atoms with van der Waals surface area (Å²) in [5, 5.41) is 0. The zero-order chi connectivity index (χ0) is 32.0. The van der Waals surface area contributed by atoms with Gasteiger partial charge in [-0.2, -0.15) is 0 Å². The van der Waals surface area contributed by atoms with Crippen LogP contribution in [0.3, 0.4) is 0 Å². The minimum absolute atomic E-state index is 0.221. The number of hydrogen-bond acceptors (Lipinski definition) is 11. The number of allylic oxidation sites excluding steroid dienone is 1. The Morgan fingerprint density at radius 1 is 0.886 bits per heavy atom. The number of terminal acetylenes is 1. The Morgan fingerprint density at radius 3 is 2.18 bits per heavy atom. The van der Waals surface area contributed by atoms with Crippen molar-refractivity contribution in [3.63, 3.8) is 0 Å². The summed E-state index contributed by atoms with van der Waals surface area (Å²) in [5.74, 6) is 1.53. The first-order chi connectivity index (χ1) is 20.8. The first kappa shape index (κ1) is 32.2. The molecular formula is C33H42O11. The molecule has 5 rings (SSSR count). The van der Waals surface area contributed by atoms with Crippen molar-refractivity contribution < 1.29 is 52.4 Å². The minimum atomic E-state index is -1.56. The smallest absolute Gasteiger partial charge is 0.339 e. The van der Waals surface area contributed by atoms with Crippen molar-refractivity contribution in [3.05, 3.63) is 11.6 Å². The molecule has 0 unspecified atom stereocenters. The molecule has 240 valence electrons. The Morgan fingerprint density at radius 2 is 1.55 bits per heavy atom. The van der Waals surface area contributed by atoms with Gasteiger partial charge in [-0.25, -0.2) is 4.79 Å². The summed E-state index contributed by atoms with van der Waals surface area (Å²) in [6, 6.07) is 0. The molecule has 0 aromatic heterocycles. The lowest BCUT2D eigenvalue weighted by atomic mass is 9.50. The Kier molecular flexibility index (Phi) is 8.98. The van der Waals surface area contributed by atoms with E-state index in [1.165, 1.54) is 12.5 Å².